The molecule has 0 radical (unpaired) electrons. The van der Waals surface area contributed by atoms with Crippen LogP contribution in [0.15, 0.2) is 54.6 Å². The standard InChI is InChI=1S/C18H14N2O/c19-18(20)14-7-8-21-16-6-5-13-9-11-3-1-2-4-12(11)10-15(13)17(14)16/h1-7,9-10H,8H2,(H3,19,20). The average molecular weight is 274 g/mol. The van der Waals surface area contributed by atoms with Gasteiger partial charge in [0.2, 0.25) is 0 Å². The second-order valence-corrected chi connectivity index (χ2v) is 5.20. The zero-order chi connectivity index (χ0) is 14.4. The van der Waals surface area contributed by atoms with Gasteiger partial charge in [-0.05, 0) is 45.8 Å². The van der Waals surface area contributed by atoms with Crippen LogP contribution >= 0.6 is 0 Å². The fourth-order valence-corrected chi connectivity index (χ4v) is 2.95. The minimum atomic E-state index is 0.0835. The Hall–Kier alpha value is -2.81. The topological polar surface area (TPSA) is 59.1 Å². The minimum Gasteiger partial charge on any atom is -0.489 e. The number of rotatable bonds is 1. The van der Waals surface area contributed by atoms with Crippen LogP contribution in [0.2, 0.25) is 0 Å². The van der Waals surface area contributed by atoms with Crippen LogP contribution in [0.25, 0.3) is 27.1 Å². The molecule has 1 aliphatic rings. The number of hydrogen-bond donors (Lipinski definition) is 2. The van der Waals surface area contributed by atoms with Gasteiger partial charge in [-0.2, -0.15) is 0 Å². The van der Waals surface area contributed by atoms with E-state index in [0.29, 0.717) is 6.61 Å². The summed E-state index contributed by atoms with van der Waals surface area (Å²) in [5.74, 6) is 0.880. The average Bonchev–Trinajstić information content (AvgIpc) is 2.52. The van der Waals surface area contributed by atoms with Crippen LogP contribution in [0.5, 0.6) is 5.75 Å². The van der Waals surface area contributed by atoms with Gasteiger partial charge in [-0.1, -0.05) is 30.3 Å². The summed E-state index contributed by atoms with van der Waals surface area (Å²) in [7, 11) is 0. The summed E-state index contributed by atoms with van der Waals surface area (Å²) in [6, 6.07) is 16.6. The first-order chi connectivity index (χ1) is 10.2. The minimum absolute atomic E-state index is 0.0835. The monoisotopic (exact) mass is 274 g/mol. The second-order valence-electron chi connectivity index (χ2n) is 5.20. The van der Waals surface area contributed by atoms with Crippen molar-refractivity contribution in [3.63, 3.8) is 0 Å². The predicted octanol–water partition coefficient (Wildman–Crippen LogP) is 3.70. The summed E-state index contributed by atoms with van der Waals surface area (Å²) in [5, 5.41) is 12.4. The Bertz CT molecular complexity index is 925. The molecule has 3 aromatic carbocycles. The number of ether oxygens (including phenoxy) is 1. The Morgan fingerprint density at radius 1 is 1.00 bits per heavy atom. The van der Waals surface area contributed by atoms with Gasteiger partial charge in [0.25, 0.3) is 0 Å². The van der Waals surface area contributed by atoms with Crippen LogP contribution in [0.4, 0.5) is 0 Å². The van der Waals surface area contributed by atoms with Gasteiger partial charge in [0, 0.05) is 11.1 Å². The maximum absolute atomic E-state index is 7.81. The molecule has 0 aromatic heterocycles. The van der Waals surface area contributed by atoms with Crippen LogP contribution in [0.3, 0.4) is 0 Å². The van der Waals surface area contributed by atoms with E-state index in [0.717, 1.165) is 27.7 Å². The van der Waals surface area contributed by atoms with Crippen LogP contribution in [0.1, 0.15) is 5.56 Å². The highest BCUT2D eigenvalue weighted by molar-refractivity contribution is 6.25. The van der Waals surface area contributed by atoms with Crippen molar-refractivity contribution in [1.29, 1.82) is 5.41 Å². The molecule has 0 amide bonds. The van der Waals surface area contributed by atoms with Crippen LogP contribution in [0, 0.1) is 5.41 Å². The molecule has 3 nitrogen and oxygen atoms in total. The quantitative estimate of drug-likeness (QED) is 0.404. The van der Waals surface area contributed by atoms with Gasteiger partial charge in [0.1, 0.15) is 18.2 Å². The fraction of sp³-hybridized carbons (Fsp3) is 0.0556. The Labute approximate surface area is 122 Å². The number of amidine groups is 1. The van der Waals surface area contributed by atoms with Crippen molar-refractivity contribution < 1.29 is 4.74 Å². The molecular formula is C18H14N2O. The highest BCUT2D eigenvalue weighted by atomic mass is 16.5. The van der Waals surface area contributed by atoms with E-state index in [1.165, 1.54) is 10.8 Å². The largest absolute Gasteiger partial charge is 0.489 e. The Balaban J connectivity index is 2.13. The molecule has 21 heavy (non-hydrogen) atoms. The first-order valence-electron chi connectivity index (χ1n) is 6.87. The molecule has 0 spiro atoms. The van der Waals surface area contributed by atoms with Crippen molar-refractivity contribution in [2.75, 3.05) is 6.61 Å². The molecule has 0 unspecified atom stereocenters. The molecule has 1 heterocycles. The SMILES string of the molecule is N=C(N)C1=CCOc2ccc3cc4ccccc4cc3c21. The molecule has 4 rings (SSSR count). The maximum Gasteiger partial charge on any atom is 0.128 e. The van der Waals surface area contributed by atoms with E-state index in [4.69, 9.17) is 15.9 Å². The van der Waals surface area contributed by atoms with Crippen molar-refractivity contribution >= 4 is 33.0 Å². The van der Waals surface area contributed by atoms with E-state index < -0.39 is 0 Å². The van der Waals surface area contributed by atoms with E-state index in [-0.39, 0.29) is 5.84 Å². The van der Waals surface area contributed by atoms with Crippen molar-refractivity contribution in [2.45, 2.75) is 0 Å². The third-order valence-corrected chi connectivity index (χ3v) is 3.93. The number of nitrogens with two attached hydrogens (primary N) is 1. The zero-order valence-corrected chi connectivity index (χ0v) is 11.4. The predicted molar refractivity (Wildman–Crippen MR) is 86.8 cm³/mol. The lowest BCUT2D eigenvalue weighted by Crippen LogP contribution is -2.17. The van der Waals surface area contributed by atoms with Crippen molar-refractivity contribution in [3.8, 4) is 5.75 Å². The van der Waals surface area contributed by atoms with Gasteiger partial charge in [0.15, 0.2) is 0 Å². The van der Waals surface area contributed by atoms with E-state index in [9.17, 15) is 0 Å². The third-order valence-electron chi connectivity index (χ3n) is 3.93. The molecule has 3 heteroatoms. The van der Waals surface area contributed by atoms with Gasteiger partial charge in [0.05, 0.1) is 0 Å². The van der Waals surface area contributed by atoms with Crippen LogP contribution < -0.4 is 10.5 Å². The van der Waals surface area contributed by atoms with Gasteiger partial charge < -0.3 is 10.5 Å². The number of fused-ring (bicyclic) bond motifs is 4. The highest BCUT2D eigenvalue weighted by Gasteiger charge is 2.19. The number of benzene rings is 3. The van der Waals surface area contributed by atoms with Gasteiger partial charge in [-0.25, -0.2) is 0 Å². The lowest BCUT2D eigenvalue weighted by Gasteiger charge is -2.20. The first-order valence-corrected chi connectivity index (χ1v) is 6.87. The zero-order valence-electron chi connectivity index (χ0n) is 11.4. The van der Waals surface area contributed by atoms with Gasteiger partial charge in [-0.15, -0.1) is 0 Å². The summed E-state index contributed by atoms with van der Waals surface area (Å²) in [6.45, 7) is 0.459. The van der Waals surface area contributed by atoms with E-state index in [1.54, 1.807) is 0 Å². The lowest BCUT2D eigenvalue weighted by atomic mass is 9.93. The molecule has 1 aliphatic heterocycles. The Kier molecular flexibility index (Phi) is 2.48. The normalized spacial score (nSPS) is 13.6. The summed E-state index contributed by atoms with van der Waals surface area (Å²) < 4.78 is 5.70. The smallest absolute Gasteiger partial charge is 0.128 e. The summed E-state index contributed by atoms with van der Waals surface area (Å²) in [6.07, 6.45) is 1.87. The molecule has 0 atom stereocenters. The molecule has 0 bridgehead atoms. The maximum atomic E-state index is 7.81. The molecular weight excluding hydrogens is 260 g/mol. The molecule has 0 aliphatic carbocycles. The summed E-state index contributed by atoms with van der Waals surface area (Å²) in [5.41, 5.74) is 7.43. The van der Waals surface area contributed by atoms with Crippen molar-refractivity contribution in [2.24, 2.45) is 5.73 Å². The lowest BCUT2D eigenvalue weighted by molar-refractivity contribution is 0.358. The molecule has 0 saturated heterocycles. The second kappa shape index (κ2) is 4.35. The van der Waals surface area contributed by atoms with Crippen molar-refractivity contribution in [3.05, 3.63) is 60.2 Å². The Morgan fingerprint density at radius 3 is 2.52 bits per heavy atom. The Morgan fingerprint density at radius 2 is 1.76 bits per heavy atom. The molecule has 102 valence electrons. The number of nitrogens with one attached hydrogen (secondary N) is 1. The molecule has 3 aromatic rings. The highest BCUT2D eigenvalue weighted by Crippen LogP contribution is 2.37. The molecule has 0 saturated carbocycles. The van der Waals surface area contributed by atoms with Crippen LogP contribution in [-0.2, 0) is 0 Å². The fourth-order valence-electron chi connectivity index (χ4n) is 2.95. The van der Waals surface area contributed by atoms with Crippen LogP contribution in [-0.4, -0.2) is 12.4 Å². The van der Waals surface area contributed by atoms with Gasteiger partial charge in [-0.3, -0.25) is 5.41 Å². The van der Waals surface area contributed by atoms with E-state index >= 15 is 0 Å². The number of hydrogen-bond acceptors (Lipinski definition) is 2. The molecule has 3 N–H and O–H groups in total. The molecule has 0 fully saturated rings. The van der Waals surface area contributed by atoms with Gasteiger partial charge >= 0.3 is 0 Å². The summed E-state index contributed by atoms with van der Waals surface area (Å²) in [4.78, 5) is 0. The van der Waals surface area contributed by atoms with Crippen molar-refractivity contribution in [1.82, 2.24) is 0 Å². The third kappa shape index (κ3) is 1.78. The van der Waals surface area contributed by atoms with E-state index in [1.807, 2.05) is 24.3 Å². The van der Waals surface area contributed by atoms with E-state index in [2.05, 4.69) is 30.3 Å². The summed E-state index contributed by atoms with van der Waals surface area (Å²) >= 11 is 0. The first kappa shape index (κ1) is 12.0.